The van der Waals surface area contributed by atoms with Gasteiger partial charge in [-0.2, -0.15) is 0 Å². The van der Waals surface area contributed by atoms with Crippen molar-refractivity contribution in [2.45, 2.75) is 16.7 Å². The Morgan fingerprint density at radius 1 is 1.03 bits per heavy atom. The average molecular weight is 459 g/mol. The Balaban J connectivity index is 1.29. The number of nitrogens with one attached hydrogen (secondary N) is 1. The number of fused-ring (bicyclic) bond motifs is 3. The van der Waals surface area contributed by atoms with Crippen molar-refractivity contribution in [3.05, 3.63) is 95.2 Å². The summed E-state index contributed by atoms with van der Waals surface area (Å²) >= 11 is 1.77. The summed E-state index contributed by atoms with van der Waals surface area (Å²) in [6, 6.07) is 15.5. The highest BCUT2D eigenvalue weighted by Crippen LogP contribution is 2.42. The molecule has 1 N–H and O–H groups in total. The van der Waals surface area contributed by atoms with Crippen molar-refractivity contribution < 1.29 is 9.18 Å². The summed E-state index contributed by atoms with van der Waals surface area (Å²) < 4.78 is 14.3. The maximum atomic E-state index is 14.3. The van der Waals surface area contributed by atoms with Crippen LogP contribution in [0.3, 0.4) is 0 Å². The normalized spacial score (nSPS) is 18.6. The van der Waals surface area contributed by atoms with E-state index in [0.717, 1.165) is 40.2 Å². The van der Waals surface area contributed by atoms with Crippen LogP contribution in [0.15, 0.2) is 72.0 Å². The summed E-state index contributed by atoms with van der Waals surface area (Å²) in [6.07, 6.45) is 5.24. The summed E-state index contributed by atoms with van der Waals surface area (Å²) in [5.41, 5.74) is 4.97. The molecule has 1 saturated heterocycles. The van der Waals surface area contributed by atoms with E-state index in [1.165, 1.54) is 11.1 Å². The molecule has 2 aliphatic heterocycles. The Kier molecular flexibility index (Phi) is 5.15. The minimum atomic E-state index is -0.209. The quantitative estimate of drug-likeness (QED) is 0.466. The Bertz CT molecular complexity index is 1350. The van der Waals surface area contributed by atoms with Crippen LogP contribution >= 0.6 is 11.8 Å². The second-order valence-electron chi connectivity index (χ2n) is 8.53. The number of nitrogens with zero attached hydrogens (tertiary/aromatic N) is 3. The predicted octanol–water partition coefficient (Wildman–Crippen LogP) is 4.86. The molecule has 0 radical (unpaired) electrons. The standard InChI is InChI=1S/C26H23FN4OS/c27-19-5-6-23-21(13-19)25(20-4-2-1-3-18(20)16-33-23)30-9-11-31(12-10-30)26(32)22-15-28-14-17-7-8-29-24(17)22/h1-8,13-15,25,29H,9-12,16H2. The monoisotopic (exact) mass is 458 g/mol. The highest BCUT2D eigenvalue weighted by molar-refractivity contribution is 7.98. The Labute approximate surface area is 195 Å². The molecule has 6 rings (SSSR count). The van der Waals surface area contributed by atoms with Crippen LogP contribution in [0.5, 0.6) is 0 Å². The lowest BCUT2D eigenvalue weighted by Gasteiger charge is -2.40. The van der Waals surface area contributed by atoms with Crippen molar-refractivity contribution >= 4 is 28.6 Å². The van der Waals surface area contributed by atoms with Crippen LogP contribution in [0, 0.1) is 5.82 Å². The van der Waals surface area contributed by atoms with Gasteiger partial charge in [0.2, 0.25) is 0 Å². The second-order valence-corrected chi connectivity index (χ2v) is 9.55. The van der Waals surface area contributed by atoms with E-state index in [4.69, 9.17) is 0 Å². The summed E-state index contributed by atoms with van der Waals surface area (Å²) in [5, 5.41) is 0.936. The van der Waals surface area contributed by atoms with Gasteiger partial charge < -0.3 is 9.88 Å². The number of piperazine rings is 1. The number of carbonyl (C=O) groups is 1. The van der Waals surface area contributed by atoms with Gasteiger partial charge in [-0.05, 0) is 41.0 Å². The topological polar surface area (TPSA) is 52.2 Å². The molecule has 5 nitrogen and oxygen atoms in total. The number of halogens is 1. The molecule has 0 aliphatic carbocycles. The van der Waals surface area contributed by atoms with Gasteiger partial charge in [-0.15, -0.1) is 11.8 Å². The lowest BCUT2D eigenvalue weighted by atomic mass is 9.93. The zero-order valence-electron chi connectivity index (χ0n) is 18.0. The number of carbonyl (C=O) groups excluding carboxylic acids is 1. The fourth-order valence-electron chi connectivity index (χ4n) is 5.01. The molecule has 166 valence electrons. The molecule has 1 amide bonds. The average Bonchev–Trinajstić information content (AvgIpc) is 3.27. The van der Waals surface area contributed by atoms with Gasteiger partial charge >= 0.3 is 0 Å². The fraction of sp³-hybridized carbons (Fsp3) is 0.231. The van der Waals surface area contributed by atoms with E-state index in [0.29, 0.717) is 18.7 Å². The minimum absolute atomic E-state index is 0.00142. The zero-order chi connectivity index (χ0) is 22.4. The van der Waals surface area contributed by atoms with E-state index in [1.807, 2.05) is 23.2 Å². The number of aromatic amines is 1. The molecule has 0 saturated carbocycles. The molecule has 4 heterocycles. The number of H-pyrrole nitrogens is 1. The third-order valence-electron chi connectivity index (χ3n) is 6.66. The van der Waals surface area contributed by atoms with Gasteiger partial charge in [-0.3, -0.25) is 14.7 Å². The number of aromatic nitrogens is 2. The molecule has 0 spiro atoms. The number of benzene rings is 2. The number of pyridine rings is 1. The molecule has 33 heavy (non-hydrogen) atoms. The van der Waals surface area contributed by atoms with Gasteiger partial charge in [-0.1, -0.05) is 24.3 Å². The second kappa shape index (κ2) is 8.32. The number of amides is 1. The molecule has 2 aliphatic rings. The SMILES string of the molecule is O=C(c1cncc2cc[nH]c12)N1CCN(C2c3ccccc3CSc3ccc(F)cc32)CC1. The van der Waals surface area contributed by atoms with E-state index >= 15 is 0 Å². The van der Waals surface area contributed by atoms with Crippen LogP contribution < -0.4 is 0 Å². The molecule has 1 atom stereocenters. The summed E-state index contributed by atoms with van der Waals surface area (Å²) in [7, 11) is 0. The first kappa shape index (κ1) is 20.4. The van der Waals surface area contributed by atoms with Crippen molar-refractivity contribution in [2.75, 3.05) is 26.2 Å². The smallest absolute Gasteiger partial charge is 0.257 e. The molecule has 0 bridgehead atoms. The van der Waals surface area contributed by atoms with Crippen LogP contribution in [0.2, 0.25) is 0 Å². The summed E-state index contributed by atoms with van der Waals surface area (Å²) in [4.78, 5) is 26.1. The summed E-state index contributed by atoms with van der Waals surface area (Å²) in [5.74, 6) is 0.661. The van der Waals surface area contributed by atoms with E-state index < -0.39 is 0 Å². The summed E-state index contributed by atoms with van der Waals surface area (Å²) in [6.45, 7) is 2.68. The fourth-order valence-corrected chi connectivity index (χ4v) is 6.08. The van der Waals surface area contributed by atoms with Gasteiger partial charge in [0.05, 0.1) is 17.1 Å². The van der Waals surface area contributed by atoms with Gasteiger partial charge in [-0.25, -0.2) is 4.39 Å². The maximum absolute atomic E-state index is 14.3. The van der Waals surface area contributed by atoms with Crippen LogP contribution in [-0.4, -0.2) is 51.9 Å². The van der Waals surface area contributed by atoms with Crippen molar-refractivity contribution in [1.29, 1.82) is 0 Å². The molecular formula is C26H23FN4OS. The first-order chi connectivity index (χ1) is 16.2. The number of hydrogen-bond donors (Lipinski definition) is 1. The van der Waals surface area contributed by atoms with E-state index in [2.05, 4.69) is 39.1 Å². The van der Waals surface area contributed by atoms with E-state index in [1.54, 1.807) is 36.3 Å². The lowest BCUT2D eigenvalue weighted by molar-refractivity contribution is 0.0597. The third kappa shape index (κ3) is 3.61. The molecule has 7 heteroatoms. The highest BCUT2D eigenvalue weighted by atomic mass is 32.2. The van der Waals surface area contributed by atoms with Gasteiger partial charge in [0, 0.05) is 60.8 Å². The van der Waals surface area contributed by atoms with Crippen LogP contribution in [0.1, 0.15) is 33.1 Å². The van der Waals surface area contributed by atoms with Gasteiger partial charge in [0.25, 0.3) is 5.91 Å². The van der Waals surface area contributed by atoms with Crippen molar-refractivity contribution in [3.8, 4) is 0 Å². The van der Waals surface area contributed by atoms with E-state index in [-0.39, 0.29) is 17.8 Å². The molecule has 4 aromatic rings. The lowest BCUT2D eigenvalue weighted by Crippen LogP contribution is -2.50. The highest BCUT2D eigenvalue weighted by Gasteiger charge is 2.33. The molecule has 1 fully saturated rings. The zero-order valence-corrected chi connectivity index (χ0v) is 18.8. The molecular weight excluding hydrogens is 435 g/mol. The van der Waals surface area contributed by atoms with E-state index in [9.17, 15) is 9.18 Å². The van der Waals surface area contributed by atoms with Crippen molar-refractivity contribution in [3.63, 3.8) is 0 Å². The molecule has 1 unspecified atom stereocenters. The number of thioether (sulfide) groups is 1. The van der Waals surface area contributed by atoms with Crippen LogP contribution in [-0.2, 0) is 5.75 Å². The van der Waals surface area contributed by atoms with Gasteiger partial charge in [0.1, 0.15) is 5.82 Å². The Hall–Kier alpha value is -3.16. The van der Waals surface area contributed by atoms with Crippen LogP contribution in [0.4, 0.5) is 4.39 Å². The predicted molar refractivity (Wildman–Crippen MR) is 128 cm³/mol. The van der Waals surface area contributed by atoms with Crippen molar-refractivity contribution in [2.24, 2.45) is 0 Å². The minimum Gasteiger partial charge on any atom is -0.360 e. The maximum Gasteiger partial charge on any atom is 0.257 e. The Morgan fingerprint density at radius 3 is 2.76 bits per heavy atom. The Morgan fingerprint density at radius 2 is 1.88 bits per heavy atom. The largest absolute Gasteiger partial charge is 0.360 e. The molecule has 2 aromatic heterocycles. The van der Waals surface area contributed by atoms with Gasteiger partial charge in [0.15, 0.2) is 0 Å². The third-order valence-corrected chi connectivity index (χ3v) is 7.80. The molecule has 2 aromatic carbocycles. The first-order valence-corrected chi connectivity index (χ1v) is 12.1. The first-order valence-electron chi connectivity index (χ1n) is 11.1. The van der Waals surface area contributed by atoms with Crippen LogP contribution in [0.25, 0.3) is 10.9 Å². The number of hydrogen-bond acceptors (Lipinski definition) is 4. The number of rotatable bonds is 2. The van der Waals surface area contributed by atoms with Crippen molar-refractivity contribution in [1.82, 2.24) is 19.8 Å².